The summed E-state index contributed by atoms with van der Waals surface area (Å²) in [6.07, 6.45) is 2.63. The van der Waals surface area contributed by atoms with E-state index in [1.165, 1.54) is 6.42 Å². The third-order valence-corrected chi connectivity index (χ3v) is 3.58. The van der Waals surface area contributed by atoms with Crippen molar-refractivity contribution in [3.05, 3.63) is 23.9 Å². The first kappa shape index (κ1) is 23.6. The van der Waals surface area contributed by atoms with Crippen molar-refractivity contribution in [2.45, 2.75) is 53.0 Å². The molecule has 1 aromatic rings. The van der Waals surface area contributed by atoms with Crippen LogP contribution in [0.15, 0.2) is 23.2 Å². The van der Waals surface area contributed by atoms with Crippen LogP contribution in [-0.2, 0) is 4.79 Å². The molecule has 1 aromatic heterocycles. The van der Waals surface area contributed by atoms with E-state index in [-0.39, 0.29) is 29.9 Å². The fourth-order valence-electron chi connectivity index (χ4n) is 2.20. The molecule has 0 aromatic carbocycles. The fraction of sp³-hybridized carbons (Fsp3) is 0.611. The van der Waals surface area contributed by atoms with Gasteiger partial charge in [-0.05, 0) is 44.7 Å². The summed E-state index contributed by atoms with van der Waals surface area (Å²) >= 11 is 0. The zero-order valence-corrected chi connectivity index (χ0v) is 18.3. The Kier molecular flexibility index (Phi) is 12.2. The van der Waals surface area contributed by atoms with Gasteiger partial charge in [0.15, 0.2) is 5.96 Å². The highest BCUT2D eigenvalue weighted by molar-refractivity contribution is 14.0. The van der Waals surface area contributed by atoms with E-state index in [9.17, 15) is 4.79 Å². The van der Waals surface area contributed by atoms with Gasteiger partial charge in [-0.15, -0.1) is 24.0 Å². The molecule has 0 spiro atoms. The molecule has 1 heterocycles. The van der Waals surface area contributed by atoms with E-state index < -0.39 is 0 Å². The second-order valence-electron chi connectivity index (χ2n) is 6.48. The van der Waals surface area contributed by atoms with Crippen molar-refractivity contribution in [3.63, 3.8) is 0 Å². The third kappa shape index (κ3) is 11.0. The number of hydrogen-bond acceptors (Lipinski definition) is 3. The highest BCUT2D eigenvalue weighted by Crippen LogP contribution is 2.06. The summed E-state index contributed by atoms with van der Waals surface area (Å²) in [5.74, 6) is 1.95. The van der Waals surface area contributed by atoms with Crippen LogP contribution in [0.4, 0.5) is 5.82 Å². The standard InChI is InChI=1S/C18H31N5O.HI/c1-13(2)9-10-15(4)22-18(19-5)20-12-11-17(24)23-16-8-6-7-14(3)21-16;/h6-8,13,15H,9-12H2,1-5H3,(H2,19,20,22)(H,21,23,24);1H. The Bertz CT molecular complexity index is 548. The molecule has 0 saturated carbocycles. The monoisotopic (exact) mass is 461 g/mol. The Morgan fingerprint density at radius 3 is 2.56 bits per heavy atom. The molecule has 25 heavy (non-hydrogen) atoms. The van der Waals surface area contributed by atoms with Crippen LogP contribution in [0.25, 0.3) is 0 Å². The minimum absolute atomic E-state index is 0. The maximum Gasteiger partial charge on any atom is 0.227 e. The molecule has 1 amide bonds. The number of carbonyl (C=O) groups excluding carboxylic acids is 1. The molecule has 1 rings (SSSR count). The van der Waals surface area contributed by atoms with Crippen LogP contribution in [0, 0.1) is 12.8 Å². The summed E-state index contributed by atoms with van der Waals surface area (Å²) in [5.41, 5.74) is 0.880. The Labute approximate surface area is 168 Å². The van der Waals surface area contributed by atoms with Crippen molar-refractivity contribution >= 4 is 41.7 Å². The number of aromatic nitrogens is 1. The highest BCUT2D eigenvalue weighted by Gasteiger charge is 2.08. The van der Waals surface area contributed by atoms with Crippen LogP contribution in [0.5, 0.6) is 0 Å². The molecule has 3 N–H and O–H groups in total. The molecule has 142 valence electrons. The molecule has 0 saturated heterocycles. The third-order valence-electron chi connectivity index (χ3n) is 3.58. The number of aliphatic imine (C=N–C) groups is 1. The number of hydrogen-bond donors (Lipinski definition) is 3. The lowest BCUT2D eigenvalue weighted by atomic mass is 10.0. The van der Waals surface area contributed by atoms with E-state index in [1.807, 2.05) is 19.1 Å². The van der Waals surface area contributed by atoms with Gasteiger partial charge in [-0.1, -0.05) is 19.9 Å². The van der Waals surface area contributed by atoms with Gasteiger partial charge in [-0.2, -0.15) is 0 Å². The topological polar surface area (TPSA) is 78.4 Å². The number of halogens is 1. The molecule has 0 aliphatic heterocycles. The van der Waals surface area contributed by atoms with E-state index in [2.05, 4.69) is 46.7 Å². The van der Waals surface area contributed by atoms with Crippen molar-refractivity contribution in [1.29, 1.82) is 0 Å². The second kappa shape index (κ2) is 12.9. The average Bonchev–Trinajstić information content (AvgIpc) is 2.52. The van der Waals surface area contributed by atoms with Crippen LogP contribution < -0.4 is 16.0 Å². The lowest BCUT2D eigenvalue weighted by molar-refractivity contribution is -0.116. The van der Waals surface area contributed by atoms with E-state index in [4.69, 9.17) is 0 Å². The van der Waals surface area contributed by atoms with Gasteiger partial charge in [-0.25, -0.2) is 4.98 Å². The van der Waals surface area contributed by atoms with Crippen LogP contribution in [0.3, 0.4) is 0 Å². The molecule has 0 bridgehead atoms. The number of anilines is 1. The summed E-state index contributed by atoms with van der Waals surface area (Å²) in [4.78, 5) is 20.4. The van der Waals surface area contributed by atoms with Crippen molar-refractivity contribution in [2.24, 2.45) is 10.9 Å². The number of pyridine rings is 1. The van der Waals surface area contributed by atoms with Crippen molar-refractivity contribution in [2.75, 3.05) is 18.9 Å². The van der Waals surface area contributed by atoms with Crippen LogP contribution in [0.1, 0.15) is 45.7 Å². The first-order valence-corrected chi connectivity index (χ1v) is 8.61. The van der Waals surface area contributed by atoms with Crippen LogP contribution >= 0.6 is 24.0 Å². The lowest BCUT2D eigenvalue weighted by Crippen LogP contribution is -2.43. The van der Waals surface area contributed by atoms with Gasteiger partial charge in [0.25, 0.3) is 0 Å². The summed E-state index contributed by atoms with van der Waals surface area (Å²) < 4.78 is 0. The van der Waals surface area contributed by atoms with Crippen molar-refractivity contribution in [3.8, 4) is 0 Å². The van der Waals surface area contributed by atoms with Crippen molar-refractivity contribution in [1.82, 2.24) is 15.6 Å². The van der Waals surface area contributed by atoms with Gasteiger partial charge < -0.3 is 16.0 Å². The first-order chi connectivity index (χ1) is 11.4. The molecule has 0 fully saturated rings. The van der Waals surface area contributed by atoms with Gasteiger partial charge in [0.05, 0.1) is 0 Å². The number of carbonyl (C=O) groups is 1. The van der Waals surface area contributed by atoms with Gasteiger partial charge in [0.1, 0.15) is 5.82 Å². The molecule has 1 atom stereocenters. The smallest absolute Gasteiger partial charge is 0.227 e. The van der Waals surface area contributed by atoms with Gasteiger partial charge in [-0.3, -0.25) is 9.79 Å². The Morgan fingerprint density at radius 1 is 1.24 bits per heavy atom. The molecule has 7 heteroatoms. The first-order valence-electron chi connectivity index (χ1n) is 8.61. The molecule has 0 aliphatic carbocycles. The average molecular weight is 461 g/mol. The van der Waals surface area contributed by atoms with Crippen molar-refractivity contribution < 1.29 is 4.79 Å². The summed E-state index contributed by atoms with van der Waals surface area (Å²) in [5, 5.41) is 9.32. The van der Waals surface area contributed by atoms with E-state index >= 15 is 0 Å². The highest BCUT2D eigenvalue weighted by atomic mass is 127. The van der Waals surface area contributed by atoms with E-state index in [0.717, 1.165) is 18.1 Å². The van der Waals surface area contributed by atoms with E-state index in [1.54, 1.807) is 13.1 Å². The van der Waals surface area contributed by atoms with Gasteiger partial charge >= 0.3 is 0 Å². The summed E-state index contributed by atoms with van der Waals surface area (Å²) in [6, 6.07) is 5.91. The Balaban J connectivity index is 0.00000576. The van der Waals surface area contributed by atoms with Gasteiger partial charge in [0.2, 0.25) is 5.91 Å². The van der Waals surface area contributed by atoms with Gasteiger partial charge in [0, 0.05) is 31.7 Å². The zero-order chi connectivity index (χ0) is 17.9. The summed E-state index contributed by atoms with van der Waals surface area (Å²) in [6.45, 7) is 9.01. The minimum atomic E-state index is -0.0658. The maximum atomic E-state index is 11.9. The fourth-order valence-corrected chi connectivity index (χ4v) is 2.20. The van der Waals surface area contributed by atoms with E-state index in [0.29, 0.717) is 30.7 Å². The molecule has 1 unspecified atom stereocenters. The molecular weight excluding hydrogens is 429 g/mol. The number of nitrogens with zero attached hydrogens (tertiary/aromatic N) is 2. The molecule has 0 radical (unpaired) electrons. The van der Waals surface area contributed by atoms with Crippen LogP contribution in [0.2, 0.25) is 0 Å². The molecular formula is C18H32IN5O. The predicted octanol–water partition coefficient (Wildman–Crippen LogP) is 3.33. The number of guanidine groups is 1. The number of nitrogens with one attached hydrogen (secondary N) is 3. The Morgan fingerprint density at radius 2 is 1.96 bits per heavy atom. The minimum Gasteiger partial charge on any atom is -0.356 e. The SMILES string of the molecule is CN=C(NCCC(=O)Nc1cccc(C)n1)NC(C)CCC(C)C.I. The second-order valence-corrected chi connectivity index (χ2v) is 6.48. The molecule has 6 nitrogen and oxygen atoms in total. The lowest BCUT2D eigenvalue weighted by Gasteiger charge is -2.18. The largest absolute Gasteiger partial charge is 0.356 e. The maximum absolute atomic E-state index is 11.9. The normalized spacial score (nSPS) is 12.3. The quantitative estimate of drug-likeness (QED) is 0.315. The number of amides is 1. The number of aryl methyl sites for hydroxylation is 1. The van der Waals surface area contributed by atoms with Crippen LogP contribution in [-0.4, -0.2) is 36.5 Å². The number of rotatable bonds is 8. The predicted molar refractivity (Wildman–Crippen MR) is 116 cm³/mol. The Hall–Kier alpha value is -1.38. The zero-order valence-electron chi connectivity index (χ0n) is 15.9. The molecule has 0 aliphatic rings. The summed E-state index contributed by atoms with van der Waals surface area (Å²) in [7, 11) is 1.74.